The summed E-state index contributed by atoms with van der Waals surface area (Å²) < 4.78 is 1.14. The lowest BCUT2D eigenvalue weighted by Crippen LogP contribution is -2.08. The van der Waals surface area contributed by atoms with Gasteiger partial charge in [-0.2, -0.15) is 0 Å². The van der Waals surface area contributed by atoms with Gasteiger partial charge in [0.05, 0.1) is 5.54 Å². The Morgan fingerprint density at radius 2 is 1.69 bits per heavy atom. The minimum absolute atomic E-state index is 0.0543. The van der Waals surface area contributed by atoms with E-state index < -0.39 is 0 Å². The van der Waals surface area contributed by atoms with Gasteiger partial charge in [-0.3, -0.25) is 4.99 Å². The van der Waals surface area contributed by atoms with Gasteiger partial charge in [-0.1, -0.05) is 15.9 Å². The second-order valence-corrected chi connectivity index (χ2v) is 5.84. The molecule has 0 spiro atoms. The molecule has 0 saturated heterocycles. The van der Waals surface area contributed by atoms with Gasteiger partial charge in [0.25, 0.3) is 0 Å². The molecular formula is C14H16BrN. The number of aryl methyl sites for hydroxylation is 2. The third-order valence-corrected chi connectivity index (χ3v) is 3.29. The first kappa shape index (κ1) is 11.6. The van der Waals surface area contributed by atoms with Crippen LogP contribution in [0.25, 0.3) is 5.57 Å². The SMILES string of the molecule is Cc1cc(Br)cc(C)c1C1=CC(C)(C)N=C1. The highest BCUT2D eigenvalue weighted by molar-refractivity contribution is 9.10. The Kier molecular flexibility index (Phi) is 2.79. The zero-order chi connectivity index (χ0) is 11.9. The molecule has 0 N–H and O–H groups in total. The molecule has 0 saturated carbocycles. The molecule has 0 fully saturated rings. The van der Waals surface area contributed by atoms with Crippen molar-refractivity contribution in [3.05, 3.63) is 39.4 Å². The van der Waals surface area contributed by atoms with Crippen molar-refractivity contribution in [2.24, 2.45) is 4.99 Å². The minimum Gasteiger partial charge on any atom is -0.282 e. The monoisotopic (exact) mass is 277 g/mol. The lowest BCUT2D eigenvalue weighted by Gasteiger charge is -2.11. The highest BCUT2D eigenvalue weighted by atomic mass is 79.9. The molecule has 84 valence electrons. The molecule has 1 aromatic rings. The first-order chi connectivity index (χ1) is 7.39. The third-order valence-electron chi connectivity index (χ3n) is 2.83. The van der Waals surface area contributed by atoms with Crippen LogP contribution in [-0.4, -0.2) is 11.8 Å². The summed E-state index contributed by atoms with van der Waals surface area (Å²) in [5.41, 5.74) is 5.09. The Balaban J connectivity index is 2.55. The fraction of sp³-hybridized carbons (Fsp3) is 0.357. The maximum Gasteiger partial charge on any atom is 0.0741 e. The molecule has 1 aromatic carbocycles. The van der Waals surface area contributed by atoms with E-state index in [9.17, 15) is 0 Å². The summed E-state index contributed by atoms with van der Waals surface area (Å²) in [5.74, 6) is 0. The topological polar surface area (TPSA) is 12.4 Å². The lowest BCUT2D eigenvalue weighted by molar-refractivity contribution is 0.672. The molecule has 16 heavy (non-hydrogen) atoms. The van der Waals surface area contributed by atoms with Crippen LogP contribution in [0.4, 0.5) is 0 Å². The predicted molar refractivity (Wildman–Crippen MR) is 74.2 cm³/mol. The Hall–Kier alpha value is -0.890. The average molecular weight is 278 g/mol. The third kappa shape index (κ3) is 2.12. The van der Waals surface area contributed by atoms with Crippen molar-refractivity contribution in [1.82, 2.24) is 0 Å². The maximum atomic E-state index is 4.50. The van der Waals surface area contributed by atoms with Gasteiger partial charge in [-0.15, -0.1) is 0 Å². The van der Waals surface area contributed by atoms with Crippen molar-refractivity contribution in [2.75, 3.05) is 0 Å². The highest BCUT2D eigenvalue weighted by Crippen LogP contribution is 2.31. The zero-order valence-corrected chi connectivity index (χ0v) is 11.7. The number of benzene rings is 1. The van der Waals surface area contributed by atoms with E-state index in [0.29, 0.717) is 0 Å². The van der Waals surface area contributed by atoms with E-state index in [4.69, 9.17) is 0 Å². The van der Waals surface area contributed by atoms with Crippen molar-refractivity contribution in [3.8, 4) is 0 Å². The van der Waals surface area contributed by atoms with Crippen LogP contribution in [0.2, 0.25) is 0 Å². The van der Waals surface area contributed by atoms with E-state index in [0.717, 1.165) is 4.47 Å². The summed E-state index contributed by atoms with van der Waals surface area (Å²) in [7, 11) is 0. The Bertz CT molecular complexity index is 472. The van der Waals surface area contributed by atoms with Crippen molar-refractivity contribution in [3.63, 3.8) is 0 Å². The van der Waals surface area contributed by atoms with Crippen LogP contribution in [0.1, 0.15) is 30.5 Å². The van der Waals surface area contributed by atoms with Gasteiger partial charge in [-0.25, -0.2) is 0 Å². The normalized spacial score (nSPS) is 17.7. The Labute approximate surface area is 105 Å². The average Bonchev–Trinajstić information content (AvgIpc) is 2.44. The van der Waals surface area contributed by atoms with Crippen molar-refractivity contribution in [2.45, 2.75) is 33.2 Å². The van der Waals surface area contributed by atoms with Crippen LogP contribution < -0.4 is 0 Å². The van der Waals surface area contributed by atoms with Crippen LogP contribution in [0.3, 0.4) is 0 Å². The molecule has 0 aliphatic carbocycles. The van der Waals surface area contributed by atoms with Gasteiger partial charge in [0.1, 0.15) is 0 Å². The number of hydrogen-bond donors (Lipinski definition) is 0. The summed E-state index contributed by atoms with van der Waals surface area (Å²) in [4.78, 5) is 4.50. The van der Waals surface area contributed by atoms with E-state index >= 15 is 0 Å². The standard InChI is InChI=1S/C14H16BrN/c1-9-5-12(15)6-10(2)13(9)11-7-14(3,4)16-8-11/h5-8H,1-4H3. The highest BCUT2D eigenvalue weighted by Gasteiger charge is 2.20. The van der Waals surface area contributed by atoms with Gasteiger partial charge in [0, 0.05) is 10.7 Å². The fourth-order valence-corrected chi connectivity index (χ4v) is 2.88. The molecular weight excluding hydrogens is 262 g/mol. The number of aliphatic imine (C=N–C) groups is 1. The van der Waals surface area contributed by atoms with Crippen LogP contribution >= 0.6 is 15.9 Å². The summed E-state index contributed by atoms with van der Waals surface area (Å²) in [5, 5.41) is 0. The Morgan fingerprint density at radius 1 is 1.12 bits per heavy atom. The first-order valence-electron chi connectivity index (χ1n) is 5.44. The summed E-state index contributed by atoms with van der Waals surface area (Å²) in [6.45, 7) is 8.54. The maximum absolute atomic E-state index is 4.50. The van der Waals surface area contributed by atoms with E-state index in [1.54, 1.807) is 0 Å². The molecule has 0 bridgehead atoms. The van der Waals surface area contributed by atoms with Gasteiger partial charge >= 0.3 is 0 Å². The molecule has 0 atom stereocenters. The zero-order valence-electron chi connectivity index (χ0n) is 10.1. The predicted octanol–water partition coefficient (Wildman–Crippen LogP) is 4.31. The van der Waals surface area contributed by atoms with Gasteiger partial charge in [0.2, 0.25) is 0 Å². The largest absolute Gasteiger partial charge is 0.282 e. The molecule has 1 nitrogen and oxygen atoms in total. The molecule has 0 amide bonds. The van der Waals surface area contributed by atoms with Gasteiger partial charge < -0.3 is 0 Å². The quantitative estimate of drug-likeness (QED) is 0.725. The fourth-order valence-electron chi connectivity index (χ4n) is 2.19. The number of nitrogens with zero attached hydrogens (tertiary/aromatic N) is 1. The van der Waals surface area contributed by atoms with Crippen LogP contribution in [0.5, 0.6) is 0 Å². The second kappa shape index (κ2) is 3.85. The van der Waals surface area contributed by atoms with Crippen LogP contribution in [-0.2, 0) is 0 Å². The number of hydrogen-bond acceptors (Lipinski definition) is 1. The number of allylic oxidation sites excluding steroid dienone is 1. The molecule has 2 heteroatoms. The van der Waals surface area contributed by atoms with E-state index in [-0.39, 0.29) is 5.54 Å². The minimum atomic E-state index is -0.0543. The van der Waals surface area contributed by atoms with E-state index in [1.807, 2.05) is 6.21 Å². The van der Waals surface area contributed by atoms with Crippen molar-refractivity contribution >= 4 is 27.7 Å². The molecule has 0 unspecified atom stereocenters. The van der Waals surface area contributed by atoms with E-state index in [1.165, 1.54) is 22.3 Å². The molecule has 0 aromatic heterocycles. The summed E-state index contributed by atoms with van der Waals surface area (Å²) in [6, 6.07) is 4.31. The molecule has 1 aliphatic rings. The van der Waals surface area contributed by atoms with Gasteiger partial charge in [0.15, 0.2) is 0 Å². The lowest BCUT2D eigenvalue weighted by atomic mass is 9.94. The summed E-state index contributed by atoms with van der Waals surface area (Å²) >= 11 is 3.53. The Morgan fingerprint density at radius 3 is 2.12 bits per heavy atom. The second-order valence-electron chi connectivity index (χ2n) is 4.93. The van der Waals surface area contributed by atoms with Crippen molar-refractivity contribution in [1.29, 1.82) is 0 Å². The first-order valence-corrected chi connectivity index (χ1v) is 6.23. The van der Waals surface area contributed by atoms with E-state index in [2.05, 4.69) is 66.8 Å². The smallest absolute Gasteiger partial charge is 0.0741 e. The molecule has 1 heterocycles. The van der Waals surface area contributed by atoms with Crippen LogP contribution in [0.15, 0.2) is 27.7 Å². The summed E-state index contributed by atoms with van der Waals surface area (Å²) in [6.07, 6.45) is 4.22. The molecule has 0 radical (unpaired) electrons. The number of rotatable bonds is 1. The van der Waals surface area contributed by atoms with Crippen LogP contribution in [0, 0.1) is 13.8 Å². The van der Waals surface area contributed by atoms with Gasteiger partial charge in [-0.05, 0) is 68.2 Å². The molecule has 1 aliphatic heterocycles. The van der Waals surface area contributed by atoms with Crippen molar-refractivity contribution < 1.29 is 0 Å². The molecule has 2 rings (SSSR count). The number of halogens is 1.